The predicted octanol–water partition coefficient (Wildman–Crippen LogP) is 3.09. The van der Waals surface area contributed by atoms with Gasteiger partial charge >= 0.3 is 12.1 Å². The fourth-order valence-electron chi connectivity index (χ4n) is 1.64. The van der Waals surface area contributed by atoms with E-state index in [1.807, 2.05) is 20.8 Å². The van der Waals surface area contributed by atoms with Crippen molar-refractivity contribution >= 4 is 23.7 Å². The zero-order valence-electron chi connectivity index (χ0n) is 13.9. The number of esters is 1. The predicted molar refractivity (Wildman–Crippen MR) is 86.9 cm³/mol. The van der Waals surface area contributed by atoms with Gasteiger partial charge < -0.3 is 19.5 Å². The van der Waals surface area contributed by atoms with Crippen molar-refractivity contribution in [3.05, 3.63) is 28.8 Å². The van der Waals surface area contributed by atoms with Gasteiger partial charge in [-0.05, 0) is 51.5 Å². The van der Waals surface area contributed by atoms with Gasteiger partial charge in [0.1, 0.15) is 5.75 Å². The van der Waals surface area contributed by atoms with Crippen LogP contribution in [0.1, 0.15) is 26.3 Å². The van der Waals surface area contributed by atoms with Crippen molar-refractivity contribution in [3.63, 3.8) is 0 Å². The van der Waals surface area contributed by atoms with Crippen molar-refractivity contribution in [1.29, 1.82) is 0 Å². The molecule has 0 fully saturated rings. The number of methoxy groups -OCH3 is 1. The molecule has 1 N–H and O–H groups in total. The summed E-state index contributed by atoms with van der Waals surface area (Å²) in [6.07, 6.45) is -0.775. The van der Waals surface area contributed by atoms with E-state index in [1.165, 1.54) is 7.11 Å². The van der Waals surface area contributed by atoms with Crippen LogP contribution in [0.2, 0.25) is 5.02 Å². The smallest absolute Gasteiger partial charge is 0.413 e. The van der Waals surface area contributed by atoms with Crippen LogP contribution >= 0.6 is 11.6 Å². The molecule has 1 aromatic rings. The maximum Gasteiger partial charge on any atom is 0.413 e. The second-order valence-corrected chi connectivity index (χ2v) is 6.38. The Morgan fingerprint density at radius 1 is 1.30 bits per heavy atom. The average molecular weight is 344 g/mol. The van der Waals surface area contributed by atoms with E-state index in [0.717, 1.165) is 0 Å². The quantitative estimate of drug-likeness (QED) is 0.831. The van der Waals surface area contributed by atoms with E-state index >= 15 is 0 Å². The Morgan fingerprint density at radius 3 is 2.48 bits per heavy atom. The van der Waals surface area contributed by atoms with Crippen molar-refractivity contribution in [3.8, 4) is 5.75 Å². The molecule has 1 amide bonds. The van der Waals surface area contributed by atoms with E-state index in [-0.39, 0.29) is 6.61 Å². The fraction of sp³-hybridized carbons (Fsp3) is 0.500. The van der Waals surface area contributed by atoms with E-state index in [0.29, 0.717) is 16.3 Å². The van der Waals surface area contributed by atoms with Crippen LogP contribution in [0.3, 0.4) is 0 Å². The van der Waals surface area contributed by atoms with Gasteiger partial charge in [0, 0.05) is 5.02 Å². The summed E-state index contributed by atoms with van der Waals surface area (Å²) in [6, 6.07) is 3.90. The molecule has 1 aromatic carbocycles. The van der Waals surface area contributed by atoms with Crippen LogP contribution in [-0.4, -0.2) is 37.4 Å². The molecule has 1 atom stereocenters. The van der Waals surface area contributed by atoms with Crippen LogP contribution < -0.4 is 10.1 Å². The number of carbonyl (C=O) groups excluding carboxylic acids is 2. The third-order valence-electron chi connectivity index (χ3n) is 2.80. The highest BCUT2D eigenvalue weighted by Crippen LogP contribution is 2.21. The first kappa shape index (κ1) is 19.3. The van der Waals surface area contributed by atoms with Gasteiger partial charge in [0.25, 0.3) is 0 Å². The zero-order valence-corrected chi connectivity index (χ0v) is 14.7. The highest BCUT2D eigenvalue weighted by atomic mass is 35.5. The van der Waals surface area contributed by atoms with Gasteiger partial charge in [-0.3, -0.25) is 0 Å². The molecule has 1 rings (SSSR count). The standard InChI is InChI=1S/C16H22ClNO5/c1-10-8-11(17)6-7-13(10)23-15(20)18-12(14(19)21-5)9-22-16(2,3)4/h6-8,12H,9H2,1-5H3,(H,18,20)/t12-/m0/s1. The first-order valence-electron chi connectivity index (χ1n) is 7.08. The van der Waals surface area contributed by atoms with Gasteiger partial charge in [-0.25, -0.2) is 9.59 Å². The highest BCUT2D eigenvalue weighted by molar-refractivity contribution is 6.30. The minimum atomic E-state index is -0.959. The number of amides is 1. The minimum absolute atomic E-state index is 0.0229. The van der Waals surface area contributed by atoms with Gasteiger partial charge in [0.15, 0.2) is 6.04 Å². The lowest BCUT2D eigenvalue weighted by Crippen LogP contribution is -2.47. The number of hydrogen-bond donors (Lipinski definition) is 1. The summed E-state index contributed by atoms with van der Waals surface area (Å²) in [6.45, 7) is 7.27. The lowest BCUT2D eigenvalue weighted by Gasteiger charge is -2.23. The molecule has 0 saturated carbocycles. The first-order chi connectivity index (χ1) is 10.6. The maximum atomic E-state index is 12.0. The Balaban J connectivity index is 2.70. The molecule has 0 radical (unpaired) electrons. The molecule has 0 heterocycles. The number of benzene rings is 1. The number of aryl methyl sites for hydroxylation is 1. The van der Waals surface area contributed by atoms with Crippen molar-refractivity contribution in [2.24, 2.45) is 0 Å². The van der Waals surface area contributed by atoms with Crippen molar-refractivity contribution in [1.82, 2.24) is 5.32 Å². The normalized spacial score (nSPS) is 12.4. The molecule has 6 nitrogen and oxygen atoms in total. The highest BCUT2D eigenvalue weighted by Gasteiger charge is 2.25. The molecular weight excluding hydrogens is 322 g/mol. The number of halogens is 1. The largest absolute Gasteiger partial charge is 0.467 e. The van der Waals surface area contributed by atoms with Crippen LogP contribution in [0.4, 0.5) is 4.79 Å². The van der Waals surface area contributed by atoms with Crippen molar-refractivity contribution in [2.75, 3.05) is 13.7 Å². The second kappa shape index (κ2) is 8.17. The van der Waals surface area contributed by atoms with Gasteiger partial charge in [-0.1, -0.05) is 11.6 Å². The number of rotatable bonds is 5. The third-order valence-corrected chi connectivity index (χ3v) is 3.04. The van der Waals surface area contributed by atoms with Crippen LogP contribution in [0, 0.1) is 6.92 Å². The monoisotopic (exact) mass is 343 g/mol. The Kier molecular flexibility index (Phi) is 6.84. The van der Waals surface area contributed by atoms with E-state index in [4.69, 9.17) is 21.1 Å². The van der Waals surface area contributed by atoms with E-state index < -0.39 is 23.7 Å². The average Bonchev–Trinajstić information content (AvgIpc) is 2.44. The van der Waals surface area contributed by atoms with Gasteiger partial charge in [-0.2, -0.15) is 0 Å². The summed E-state index contributed by atoms with van der Waals surface area (Å²) in [5, 5.41) is 2.98. The summed E-state index contributed by atoms with van der Waals surface area (Å²) in [5.41, 5.74) is 0.248. The SMILES string of the molecule is COC(=O)[C@H](COC(C)(C)C)NC(=O)Oc1ccc(Cl)cc1C. The summed E-state index contributed by atoms with van der Waals surface area (Å²) in [4.78, 5) is 23.7. The first-order valence-corrected chi connectivity index (χ1v) is 7.46. The third kappa shape index (κ3) is 6.88. The van der Waals surface area contributed by atoms with E-state index in [9.17, 15) is 9.59 Å². The molecule has 0 spiro atoms. The minimum Gasteiger partial charge on any atom is -0.467 e. The van der Waals surface area contributed by atoms with Crippen LogP contribution in [0.25, 0.3) is 0 Å². The molecule has 23 heavy (non-hydrogen) atoms. The molecule has 0 aromatic heterocycles. The summed E-state index contributed by atoms with van der Waals surface area (Å²) >= 11 is 5.85. The Labute approximate surface area is 141 Å². The Bertz CT molecular complexity index is 568. The number of nitrogens with one attached hydrogen (secondary N) is 1. The van der Waals surface area contributed by atoms with Crippen LogP contribution in [-0.2, 0) is 14.3 Å². The second-order valence-electron chi connectivity index (χ2n) is 5.94. The number of ether oxygens (including phenoxy) is 3. The molecule has 0 unspecified atom stereocenters. The lowest BCUT2D eigenvalue weighted by atomic mass is 10.2. The van der Waals surface area contributed by atoms with E-state index in [1.54, 1.807) is 25.1 Å². The van der Waals surface area contributed by atoms with Crippen LogP contribution in [0.15, 0.2) is 18.2 Å². The molecule has 7 heteroatoms. The number of hydrogen-bond acceptors (Lipinski definition) is 5. The van der Waals surface area contributed by atoms with Gasteiger partial charge in [-0.15, -0.1) is 0 Å². The van der Waals surface area contributed by atoms with Gasteiger partial charge in [0.05, 0.1) is 19.3 Å². The molecule has 0 aliphatic carbocycles. The maximum absolute atomic E-state index is 12.0. The number of carbonyl (C=O) groups is 2. The van der Waals surface area contributed by atoms with E-state index in [2.05, 4.69) is 10.1 Å². The van der Waals surface area contributed by atoms with Crippen molar-refractivity contribution < 1.29 is 23.8 Å². The lowest BCUT2D eigenvalue weighted by molar-refractivity contribution is -0.146. The molecule has 128 valence electrons. The molecule has 0 aliphatic heterocycles. The zero-order chi connectivity index (χ0) is 17.6. The van der Waals surface area contributed by atoms with Crippen LogP contribution in [0.5, 0.6) is 5.75 Å². The van der Waals surface area contributed by atoms with Crippen molar-refractivity contribution in [2.45, 2.75) is 39.3 Å². The Morgan fingerprint density at radius 2 is 1.96 bits per heavy atom. The summed E-state index contributed by atoms with van der Waals surface area (Å²) in [5.74, 6) is -0.258. The molecule has 0 bridgehead atoms. The Hall–Kier alpha value is -1.79. The fourth-order valence-corrected chi connectivity index (χ4v) is 1.87. The topological polar surface area (TPSA) is 73.9 Å². The molecule has 0 aliphatic rings. The summed E-state index contributed by atoms with van der Waals surface area (Å²) < 4.78 is 15.4. The molecule has 0 saturated heterocycles. The summed E-state index contributed by atoms with van der Waals surface area (Å²) in [7, 11) is 1.24. The van der Waals surface area contributed by atoms with Gasteiger partial charge in [0.2, 0.25) is 0 Å². The molecular formula is C16H22ClNO5.